The van der Waals surface area contributed by atoms with Crippen LogP contribution in [0.5, 0.6) is 0 Å². The summed E-state index contributed by atoms with van der Waals surface area (Å²) < 4.78 is 5.33. The van der Waals surface area contributed by atoms with E-state index in [1.165, 1.54) is 36.0 Å². The van der Waals surface area contributed by atoms with Crippen molar-refractivity contribution in [1.29, 1.82) is 0 Å². The van der Waals surface area contributed by atoms with Gasteiger partial charge in [-0.05, 0) is 61.6 Å². The van der Waals surface area contributed by atoms with Gasteiger partial charge in [-0.3, -0.25) is 4.79 Å². The molecule has 1 saturated carbocycles. The highest BCUT2D eigenvalue weighted by molar-refractivity contribution is 5.97. The van der Waals surface area contributed by atoms with Gasteiger partial charge in [0.15, 0.2) is 17.3 Å². The van der Waals surface area contributed by atoms with Gasteiger partial charge in [-0.15, -0.1) is 15.0 Å². The fourth-order valence-corrected chi connectivity index (χ4v) is 4.10. The van der Waals surface area contributed by atoms with Gasteiger partial charge in [0.05, 0.1) is 6.42 Å². The lowest BCUT2D eigenvalue weighted by Crippen LogP contribution is -2.35. The highest BCUT2D eigenvalue weighted by Crippen LogP contribution is 2.37. The van der Waals surface area contributed by atoms with E-state index in [4.69, 9.17) is 4.74 Å². The fraction of sp³-hybridized carbons (Fsp3) is 0.667. The number of ether oxygens (including phenoxy) is 1. The van der Waals surface area contributed by atoms with Crippen molar-refractivity contribution in [3.63, 3.8) is 0 Å². The van der Waals surface area contributed by atoms with E-state index in [0.29, 0.717) is 22.8 Å². The van der Waals surface area contributed by atoms with Crippen molar-refractivity contribution >= 4 is 5.78 Å². The van der Waals surface area contributed by atoms with Gasteiger partial charge in [-0.2, -0.15) is 0 Å². The molecule has 0 radical (unpaired) electrons. The summed E-state index contributed by atoms with van der Waals surface area (Å²) in [4.78, 5) is 14.0. The first-order chi connectivity index (χ1) is 14.6. The smallest absolute Gasteiger partial charge is 0.182 e. The molecular weight excluding hydrogens is 390 g/mol. The van der Waals surface area contributed by atoms with Crippen molar-refractivity contribution < 1.29 is 9.53 Å². The molecule has 1 aromatic heterocycles. The highest BCUT2D eigenvalue weighted by Gasteiger charge is 2.29. The van der Waals surface area contributed by atoms with E-state index in [1.807, 2.05) is 38.1 Å². The number of aromatic nitrogens is 4. The van der Waals surface area contributed by atoms with Crippen LogP contribution in [-0.4, -0.2) is 39.1 Å². The number of benzene rings is 1. The average Bonchev–Trinajstić information content (AvgIpc) is 3.21. The second-order valence-electron chi connectivity index (χ2n) is 10.2. The van der Waals surface area contributed by atoms with Crippen LogP contribution in [0, 0.1) is 11.3 Å². The SMILES string of the molecule is COC(C)(C)n1nnc(CC(=O)c2ccc(CNC3CCC(C(C)(C)C)CC3)cc2)n1. The third-order valence-electron chi connectivity index (χ3n) is 6.58. The van der Waals surface area contributed by atoms with Crippen LogP contribution >= 0.6 is 0 Å². The maximum atomic E-state index is 12.6. The summed E-state index contributed by atoms with van der Waals surface area (Å²) in [5.74, 6) is 1.20. The number of Topliss-reactive ketones (excluding diaryl/α,β-unsaturated/α-hetero) is 1. The molecule has 7 nitrogen and oxygen atoms in total. The maximum absolute atomic E-state index is 12.6. The van der Waals surface area contributed by atoms with E-state index in [1.54, 1.807) is 7.11 Å². The summed E-state index contributed by atoms with van der Waals surface area (Å²) in [7, 11) is 1.58. The Bertz CT molecular complexity index is 859. The Morgan fingerprint density at radius 1 is 1.10 bits per heavy atom. The highest BCUT2D eigenvalue weighted by atomic mass is 16.5. The van der Waals surface area contributed by atoms with Crippen molar-refractivity contribution in [2.24, 2.45) is 11.3 Å². The molecule has 1 N–H and O–H groups in total. The van der Waals surface area contributed by atoms with E-state index < -0.39 is 5.72 Å². The van der Waals surface area contributed by atoms with E-state index in [-0.39, 0.29) is 12.2 Å². The Morgan fingerprint density at radius 2 is 1.74 bits per heavy atom. The molecule has 2 aromatic rings. The molecule has 7 heteroatoms. The Morgan fingerprint density at radius 3 is 2.32 bits per heavy atom. The van der Waals surface area contributed by atoms with Gasteiger partial charge in [0.1, 0.15) is 0 Å². The molecule has 0 spiro atoms. The van der Waals surface area contributed by atoms with Gasteiger partial charge in [0.25, 0.3) is 0 Å². The minimum atomic E-state index is -0.699. The average molecular weight is 428 g/mol. The molecule has 1 heterocycles. The van der Waals surface area contributed by atoms with E-state index in [0.717, 1.165) is 12.5 Å². The number of nitrogens with one attached hydrogen (secondary N) is 1. The second kappa shape index (κ2) is 9.57. The molecule has 1 aliphatic rings. The molecule has 3 rings (SSSR count). The van der Waals surface area contributed by atoms with Crippen LogP contribution in [0.25, 0.3) is 0 Å². The normalized spacial score (nSPS) is 20.1. The van der Waals surface area contributed by atoms with Crippen molar-refractivity contribution in [3.05, 3.63) is 41.2 Å². The number of carbonyl (C=O) groups is 1. The number of nitrogens with zero attached hydrogens (tertiary/aromatic N) is 4. The van der Waals surface area contributed by atoms with Crippen LogP contribution in [0.1, 0.15) is 82.0 Å². The Labute approximate surface area is 185 Å². The van der Waals surface area contributed by atoms with Crippen LogP contribution < -0.4 is 5.32 Å². The van der Waals surface area contributed by atoms with Crippen molar-refractivity contribution in [2.75, 3.05) is 7.11 Å². The first kappa shape index (κ1) is 23.5. The molecule has 0 aliphatic heterocycles. The molecular formula is C24H37N5O2. The molecule has 1 aromatic carbocycles. The lowest BCUT2D eigenvalue weighted by molar-refractivity contribution is -0.0671. The standard InChI is InChI=1S/C24H37N5O2/c1-23(2,3)19-11-13-20(14-12-19)25-16-17-7-9-18(10-8-17)21(30)15-22-26-28-29(27-22)24(4,5)31-6/h7-10,19-20,25H,11-16H2,1-6H3. The zero-order valence-electron chi connectivity index (χ0n) is 19.8. The molecule has 0 amide bonds. The first-order valence-electron chi connectivity index (χ1n) is 11.3. The molecule has 1 aliphatic carbocycles. The summed E-state index contributed by atoms with van der Waals surface area (Å²) in [6, 6.07) is 8.42. The number of ketones is 1. The molecule has 0 bridgehead atoms. The summed E-state index contributed by atoms with van der Waals surface area (Å²) in [5, 5.41) is 16.0. The van der Waals surface area contributed by atoms with Gasteiger partial charge in [-0.25, -0.2) is 0 Å². The lowest BCUT2D eigenvalue weighted by atomic mass is 9.71. The zero-order chi connectivity index (χ0) is 22.6. The second-order valence-corrected chi connectivity index (χ2v) is 10.2. The molecule has 0 atom stereocenters. The van der Waals surface area contributed by atoms with Gasteiger partial charge >= 0.3 is 0 Å². The van der Waals surface area contributed by atoms with Crippen LogP contribution in [-0.2, 0) is 23.4 Å². The molecule has 170 valence electrons. The topological polar surface area (TPSA) is 81.9 Å². The minimum Gasteiger partial charge on any atom is -0.356 e. The summed E-state index contributed by atoms with van der Waals surface area (Å²) >= 11 is 0. The predicted octanol–water partition coefficient (Wildman–Crippen LogP) is 4.13. The third kappa shape index (κ3) is 6.20. The summed E-state index contributed by atoms with van der Waals surface area (Å²) in [6.45, 7) is 11.6. The van der Waals surface area contributed by atoms with Crippen LogP contribution in [0.3, 0.4) is 0 Å². The quantitative estimate of drug-likeness (QED) is 0.638. The minimum absolute atomic E-state index is 0.0187. The van der Waals surface area contributed by atoms with Crippen molar-refractivity contribution in [2.45, 2.75) is 85.0 Å². The summed E-state index contributed by atoms with van der Waals surface area (Å²) in [5.41, 5.74) is 1.57. The van der Waals surface area contributed by atoms with Crippen molar-refractivity contribution in [1.82, 2.24) is 25.5 Å². The number of hydrogen-bond donors (Lipinski definition) is 1. The number of rotatable bonds is 8. The molecule has 1 fully saturated rings. The number of tetrazole rings is 1. The van der Waals surface area contributed by atoms with Crippen LogP contribution in [0.2, 0.25) is 0 Å². The van der Waals surface area contributed by atoms with E-state index in [9.17, 15) is 4.79 Å². The lowest BCUT2D eigenvalue weighted by Gasteiger charge is -2.37. The van der Waals surface area contributed by atoms with Gasteiger partial charge in [0.2, 0.25) is 0 Å². The fourth-order valence-electron chi connectivity index (χ4n) is 4.10. The van der Waals surface area contributed by atoms with Crippen LogP contribution in [0.4, 0.5) is 0 Å². The number of methoxy groups -OCH3 is 1. The van der Waals surface area contributed by atoms with E-state index >= 15 is 0 Å². The van der Waals surface area contributed by atoms with Crippen molar-refractivity contribution in [3.8, 4) is 0 Å². The maximum Gasteiger partial charge on any atom is 0.182 e. The largest absolute Gasteiger partial charge is 0.356 e. The van der Waals surface area contributed by atoms with Gasteiger partial charge < -0.3 is 10.1 Å². The predicted molar refractivity (Wildman–Crippen MR) is 121 cm³/mol. The number of carbonyl (C=O) groups excluding carboxylic acids is 1. The summed E-state index contributed by atoms with van der Waals surface area (Å²) in [6.07, 6.45) is 5.20. The Kier molecular flexibility index (Phi) is 7.27. The van der Waals surface area contributed by atoms with Gasteiger partial charge in [0, 0.05) is 25.3 Å². The molecule has 0 unspecified atom stereocenters. The van der Waals surface area contributed by atoms with Crippen LogP contribution in [0.15, 0.2) is 24.3 Å². The zero-order valence-corrected chi connectivity index (χ0v) is 19.8. The van der Waals surface area contributed by atoms with E-state index in [2.05, 4.69) is 41.5 Å². The third-order valence-corrected chi connectivity index (χ3v) is 6.58. The molecule has 0 saturated heterocycles. The van der Waals surface area contributed by atoms with Gasteiger partial charge in [-0.1, -0.05) is 45.0 Å². The monoisotopic (exact) mass is 427 g/mol. The Balaban J connectivity index is 1.48. The molecule has 31 heavy (non-hydrogen) atoms. The number of hydrogen-bond acceptors (Lipinski definition) is 6. The first-order valence-corrected chi connectivity index (χ1v) is 11.3. The Hall–Kier alpha value is -2.12.